The second kappa shape index (κ2) is 8.56. The highest BCUT2D eigenvalue weighted by molar-refractivity contribution is 5.27. The van der Waals surface area contributed by atoms with E-state index < -0.39 is 0 Å². The summed E-state index contributed by atoms with van der Waals surface area (Å²) in [5.41, 5.74) is 9.66. The number of phenols is 1. The number of aryl methyl sites for hydroxylation is 2. The van der Waals surface area contributed by atoms with Crippen molar-refractivity contribution in [3.05, 3.63) is 59.1 Å². The fraction of sp³-hybridized carbons (Fsp3) is 0.450. The molecule has 2 heterocycles. The lowest BCUT2D eigenvalue weighted by molar-refractivity contribution is 0.236. The molecule has 2 atom stereocenters. The Balaban J connectivity index is 1.55. The van der Waals surface area contributed by atoms with Crippen molar-refractivity contribution in [2.24, 2.45) is 5.73 Å². The highest BCUT2D eigenvalue weighted by Gasteiger charge is 2.34. The summed E-state index contributed by atoms with van der Waals surface area (Å²) in [7, 11) is 0. The fourth-order valence-corrected chi connectivity index (χ4v) is 3.08. The summed E-state index contributed by atoms with van der Waals surface area (Å²) < 4.78 is 10.5. The summed E-state index contributed by atoms with van der Waals surface area (Å²) in [4.78, 5) is 2.25. The maximum absolute atomic E-state index is 9.70. The second-order valence-corrected chi connectivity index (χ2v) is 7.07. The number of benzene rings is 1. The molecule has 3 rings (SSSR count). The average molecular weight is 372 g/mol. The Morgan fingerprint density at radius 2 is 2.19 bits per heavy atom. The quantitative estimate of drug-likeness (QED) is 0.434. The minimum absolute atomic E-state index is 0.130. The Bertz CT molecular complexity index is 770. The van der Waals surface area contributed by atoms with Gasteiger partial charge >= 0.3 is 0 Å². The molecule has 0 amide bonds. The molecule has 2 aromatic rings. The van der Waals surface area contributed by atoms with Crippen LogP contribution in [0, 0.1) is 13.8 Å². The zero-order valence-electron chi connectivity index (χ0n) is 15.9. The van der Waals surface area contributed by atoms with E-state index in [0.717, 1.165) is 41.2 Å². The van der Waals surface area contributed by atoms with Crippen LogP contribution < -0.4 is 11.1 Å². The van der Waals surface area contributed by atoms with Crippen molar-refractivity contribution in [3.63, 3.8) is 0 Å². The standard InChI is InChI=1S/C20H28N4O3/c1-13(9-18-14(2)23-27-15(18)3)22-12-24(8-7-19-20(21)26-19)11-16-5-4-6-17(25)10-16/h4-6,10,19-20,22,25H,1,7-9,11-12,21H2,2-3H3. The first kappa shape index (κ1) is 19.4. The molecular formula is C20H28N4O3. The molecule has 0 saturated carbocycles. The first-order valence-corrected chi connectivity index (χ1v) is 9.17. The van der Waals surface area contributed by atoms with Crippen molar-refractivity contribution in [2.45, 2.75) is 45.6 Å². The fourth-order valence-electron chi connectivity index (χ4n) is 3.08. The van der Waals surface area contributed by atoms with E-state index in [-0.39, 0.29) is 18.1 Å². The van der Waals surface area contributed by atoms with E-state index >= 15 is 0 Å². The number of epoxide rings is 1. The number of nitrogens with two attached hydrogens (primary N) is 1. The zero-order valence-corrected chi connectivity index (χ0v) is 15.9. The monoisotopic (exact) mass is 372 g/mol. The van der Waals surface area contributed by atoms with Gasteiger partial charge in [0.15, 0.2) is 0 Å². The molecule has 0 bridgehead atoms. The van der Waals surface area contributed by atoms with Gasteiger partial charge in [-0.05, 0) is 38.0 Å². The number of allylic oxidation sites excluding steroid dienone is 1. The van der Waals surface area contributed by atoms with Gasteiger partial charge in [0.1, 0.15) is 23.8 Å². The van der Waals surface area contributed by atoms with Gasteiger partial charge in [-0.3, -0.25) is 4.90 Å². The third-order valence-electron chi connectivity index (χ3n) is 4.79. The predicted molar refractivity (Wildman–Crippen MR) is 103 cm³/mol. The van der Waals surface area contributed by atoms with Gasteiger partial charge in [-0.1, -0.05) is 23.9 Å². The summed E-state index contributed by atoms with van der Waals surface area (Å²) in [6, 6.07) is 7.32. The number of phenolic OH excluding ortho intramolecular Hbond substituents is 1. The Labute approximate surface area is 159 Å². The molecule has 7 nitrogen and oxygen atoms in total. The molecular weight excluding hydrogens is 344 g/mol. The van der Waals surface area contributed by atoms with E-state index in [0.29, 0.717) is 19.6 Å². The molecule has 1 aromatic carbocycles. The van der Waals surface area contributed by atoms with Crippen molar-refractivity contribution in [1.82, 2.24) is 15.4 Å². The van der Waals surface area contributed by atoms with Crippen LogP contribution in [0.3, 0.4) is 0 Å². The number of nitrogens with zero attached hydrogens (tertiary/aromatic N) is 2. The molecule has 7 heteroatoms. The third kappa shape index (κ3) is 5.56. The van der Waals surface area contributed by atoms with Crippen molar-refractivity contribution < 1.29 is 14.4 Å². The summed E-state index contributed by atoms with van der Waals surface area (Å²) in [5.74, 6) is 1.10. The van der Waals surface area contributed by atoms with Gasteiger partial charge in [0.05, 0.1) is 12.4 Å². The maximum atomic E-state index is 9.70. The number of hydrogen-bond donors (Lipinski definition) is 3. The first-order valence-electron chi connectivity index (χ1n) is 9.17. The summed E-state index contributed by atoms with van der Waals surface area (Å²) >= 11 is 0. The van der Waals surface area contributed by atoms with Gasteiger partial charge in [-0.2, -0.15) is 0 Å². The van der Waals surface area contributed by atoms with Gasteiger partial charge in [0, 0.05) is 30.8 Å². The predicted octanol–water partition coefficient (Wildman–Crippen LogP) is 2.18. The number of aromatic nitrogens is 1. The van der Waals surface area contributed by atoms with E-state index in [1.54, 1.807) is 12.1 Å². The Hall–Kier alpha value is -2.35. The van der Waals surface area contributed by atoms with Crippen LogP contribution in [0.15, 0.2) is 41.1 Å². The van der Waals surface area contributed by atoms with E-state index in [9.17, 15) is 5.11 Å². The SMILES string of the molecule is C=C(Cc1c(C)noc1C)NCN(CCC1OC1N)Cc1cccc(O)c1. The summed E-state index contributed by atoms with van der Waals surface area (Å²) in [5, 5.41) is 17.1. The minimum Gasteiger partial charge on any atom is -0.508 e. The smallest absolute Gasteiger partial charge is 0.137 e. The van der Waals surface area contributed by atoms with Crippen LogP contribution in [0.5, 0.6) is 5.75 Å². The Kier molecular flexibility index (Phi) is 6.15. The molecule has 0 radical (unpaired) electrons. The van der Waals surface area contributed by atoms with E-state index in [1.807, 2.05) is 26.0 Å². The number of nitrogens with one attached hydrogen (secondary N) is 1. The minimum atomic E-state index is -0.130. The van der Waals surface area contributed by atoms with Crippen molar-refractivity contribution in [3.8, 4) is 5.75 Å². The van der Waals surface area contributed by atoms with Crippen LogP contribution in [-0.4, -0.2) is 40.7 Å². The molecule has 4 N–H and O–H groups in total. The molecule has 1 aliphatic rings. The molecule has 1 saturated heterocycles. The van der Waals surface area contributed by atoms with Gasteiger partial charge in [0.25, 0.3) is 0 Å². The summed E-state index contributed by atoms with van der Waals surface area (Å²) in [6.45, 7) is 10.2. The lowest BCUT2D eigenvalue weighted by atomic mass is 10.1. The lowest BCUT2D eigenvalue weighted by Crippen LogP contribution is -2.35. The molecule has 1 aliphatic heterocycles. The third-order valence-corrected chi connectivity index (χ3v) is 4.79. The second-order valence-electron chi connectivity index (χ2n) is 7.07. The number of aromatic hydroxyl groups is 1. The number of hydrogen-bond acceptors (Lipinski definition) is 7. The first-order chi connectivity index (χ1) is 12.9. The lowest BCUT2D eigenvalue weighted by Gasteiger charge is -2.24. The molecule has 1 aromatic heterocycles. The summed E-state index contributed by atoms with van der Waals surface area (Å²) in [6.07, 6.45) is 1.56. The van der Waals surface area contributed by atoms with Crippen molar-refractivity contribution in [2.75, 3.05) is 13.2 Å². The average Bonchev–Trinajstić information content (AvgIpc) is 3.26. The number of rotatable bonds is 10. The van der Waals surface area contributed by atoms with E-state index in [1.165, 1.54) is 0 Å². The van der Waals surface area contributed by atoms with Gasteiger partial charge < -0.3 is 25.4 Å². The molecule has 2 unspecified atom stereocenters. The molecule has 27 heavy (non-hydrogen) atoms. The van der Waals surface area contributed by atoms with E-state index in [2.05, 4.69) is 22.0 Å². The van der Waals surface area contributed by atoms with Crippen LogP contribution in [0.4, 0.5) is 0 Å². The van der Waals surface area contributed by atoms with Crippen molar-refractivity contribution >= 4 is 0 Å². The zero-order chi connectivity index (χ0) is 19.4. The largest absolute Gasteiger partial charge is 0.508 e. The van der Waals surface area contributed by atoms with Crippen LogP contribution in [-0.2, 0) is 17.7 Å². The molecule has 0 aliphatic carbocycles. The van der Waals surface area contributed by atoms with Crippen LogP contribution in [0.1, 0.15) is 29.0 Å². The van der Waals surface area contributed by atoms with Gasteiger partial charge in [-0.15, -0.1) is 0 Å². The number of ether oxygens (including phenoxy) is 1. The van der Waals surface area contributed by atoms with Crippen LogP contribution in [0.2, 0.25) is 0 Å². The molecule has 146 valence electrons. The maximum Gasteiger partial charge on any atom is 0.137 e. The van der Waals surface area contributed by atoms with Gasteiger partial charge in [0.2, 0.25) is 0 Å². The Morgan fingerprint density at radius 3 is 2.81 bits per heavy atom. The van der Waals surface area contributed by atoms with E-state index in [4.69, 9.17) is 15.0 Å². The highest BCUT2D eigenvalue weighted by Crippen LogP contribution is 2.21. The van der Waals surface area contributed by atoms with Crippen molar-refractivity contribution in [1.29, 1.82) is 0 Å². The molecule has 1 fully saturated rings. The molecule has 0 spiro atoms. The normalized spacial score (nSPS) is 18.7. The van der Waals surface area contributed by atoms with Crippen LogP contribution >= 0.6 is 0 Å². The topological polar surface area (TPSA) is 100 Å². The van der Waals surface area contributed by atoms with Crippen LogP contribution in [0.25, 0.3) is 0 Å². The van der Waals surface area contributed by atoms with Gasteiger partial charge in [-0.25, -0.2) is 0 Å². The Morgan fingerprint density at radius 1 is 1.41 bits per heavy atom. The highest BCUT2D eigenvalue weighted by atomic mass is 16.6.